The van der Waals surface area contributed by atoms with E-state index in [1.165, 1.54) is 11.4 Å². The molecule has 0 bridgehead atoms. The molecule has 0 amide bonds. The molecule has 6 nitrogen and oxygen atoms in total. The van der Waals surface area contributed by atoms with Gasteiger partial charge in [0.05, 0.1) is 20.3 Å². The van der Waals surface area contributed by atoms with Gasteiger partial charge in [0.25, 0.3) is 0 Å². The van der Waals surface area contributed by atoms with E-state index in [1.54, 1.807) is 12.1 Å². The highest BCUT2D eigenvalue weighted by Crippen LogP contribution is 2.41. The van der Waals surface area contributed by atoms with Crippen molar-refractivity contribution in [3.63, 3.8) is 0 Å². The van der Waals surface area contributed by atoms with Crippen LogP contribution in [0.25, 0.3) is 0 Å². The molecule has 1 aromatic rings. The van der Waals surface area contributed by atoms with Crippen LogP contribution in [0.5, 0.6) is 5.75 Å². The number of sulfonamides is 1. The van der Waals surface area contributed by atoms with Crippen molar-refractivity contribution in [2.24, 2.45) is 5.41 Å². The van der Waals surface area contributed by atoms with Crippen molar-refractivity contribution < 1.29 is 22.6 Å². The van der Waals surface area contributed by atoms with E-state index >= 15 is 0 Å². The fourth-order valence-corrected chi connectivity index (χ4v) is 4.82. The number of rotatable bonds is 3. The molecule has 0 saturated carbocycles. The molecule has 0 aliphatic carbocycles. The molecule has 7 heteroatoms. The third-order valence-corrected chi connectivity index (χ3v) is 6.23. The average molecular weight is 341 g/mol. The van der Waals surface area contributed by atoms with E-state index in [9.17, 15) is 8.42 Å². The summed E-state index contributed by atoms with van der Waals surface area (Å²) in [6.07, 6.45) is 0. The molecule has 0 radical (unpaired) electrons. The molecule has 0 unspecified atom stereocenters. The van der Waals surface area contributed by atoms with Crippen molar-refractivity contribution >= 4 is 10.0 Å². The zero-order chi connectivity index (χ0) is 16.9. The monoisotopic (exact) mass is 341 g/mol. The highest BCUT2D eigenvalue weighted by Gasteiger charge is 2.52. The summed E-state index contributed by atoms with van der Waals surface area (Å²) >= 11 is 0. The van der Waals surface area contributed by atoms with Crippen LogP contribution in [0.15, 0.2) is 23.1 Å². The summed E-state index contributed by atoms with van der Waals surface area (Å²) in [6.45, 7) is 7.43. The van der Waals surface area contributed by atoms with E-state index in [0.29, 0.717) is 32.1 Å². The molecule has 2 aliphatic heterocycles. The van der Waals surface area contributed by atoms with E-state index in [4.69, 9.17) is 14.2 Å². The van der Waals surface area contributed by atoms with Crippen LogP contribution >= 0.6 is 0 Å². The molecule has 0 N–H and O–H groups in total. The minimum Gasteiger partial charge on any atom is -0.495 e. The lowest BCUT2D eigenvalue weighted by Gasteiger charge is -2.53. The Bertz CT molecular complexity index is 695. The first kappa shape index (κ1) is 16.7. The summed E-state index contributed by atoms with van der Waals surface area (Å²) < 4.78 is 43.8. The van der Waals surface area contributed by atoms with Crippen LogP contribution in [0.2, 0.25) is 0 Å². The Balaban J connectivity index is 1.78. The molecular weight excluding hydrogens is 318 g/mol. The molecule has 1 spiro atoms. The van der Waals surface area contributed by atoms with Gasteiger partial charge in [-0.1, -0.05) is 6.07 Å². The van der Waals surface area contributed by atoms with E-state index in [2.05, 4.69) is 0 Å². The molecule has 2 saturated heterocycles. The molecule has 128 valence electrons. The Morgan fingerprint density at radius 3 is 2.35 bits per heavy atom. The van der Waals surface area contributed by atoms with Crippen LogP contribution in [0.4, 0.5) is 0 Å². The van der Waals surface area contributed by atoms with E-state index in [1.807, 2.05) is 26.8 Å². The largest absolute Gasteiger partial charge is 0.495 e. The Morgan fingerprint density at radius 2 is 1.78 bits per heavy atom. The van der Waals surface area contributed by atoms with Crippen LogP contribution in [0.1, 0.15) is 19.4 Å². The topological polar surface area (TPSA) is 65.1 Å². The number of benzene rings is 1. The van der Waals surface area contributed by atoms with E-state index in [0.717, 1.165) is 5.56 Å². The number of hydrogen-bond donors (Lipinski definition) is 0. The van der Waals surface area contributed by atoms with Gasteiger partial charge in [0.2, 0.25) is 10.0 Å². The first-order valence-electron chi connectivity index (χ1n) is 7.60. The summed E-state index contributed by atoms with van der Waals surface area (Å²) in [7, 11) is -2.10. The minimum absolute atomic E-state index is 0.216. The molecule has 3 rings (SSSR count). The summed E-state index contributed by atoms with van der Waals surface area (Å²) in [4.78, 5) is 0.216. The van der Waals surface area contributed by atoms with Crippen LogP contribution in [-0.4, -0.2) is 51.9 Å². The summed E-state index contributed by atoms with van der Waals surface area (Å²) in [5.74, 6) is -0.224. The van der Waals surface area contributed by atoms with Gasteiger partial charge in [0.15, 0.2) is 5.79 Å². The smallest absolute Gasteiger partial charge is 0.246 e. The predicted molar refractivity (Wildman–Crippen MR) is 84.9 cm³/mol. The van der Waals surface area contributed by atoms with Crippen molar-refractivity contribution in [3.8, 4) is 5.75 Å². The zero-order valence-corrected chi connectivity index (χ0v) is 14.8. The van der Waals surface area contributed by atoms with E-state index < -0.39 is 15.8 Å². The zero-order valence-electron chi connectivity index (χ0n) is 14.0. The fraction of sp³-hybridized carbons (Fsp3) is 0.625. The van der Waals surface area contributed by atoms with Crippen molar-refractivity contribution in [1.82, 2.24) is 4.31 Å². The van der Waals surface area contributed by atoms with Crippen molar-refractivity contribution in [2.75, 3.05) is 33.4 Å². The maximum atomic E-state index is 12.9. The number of methoxy groups -OCH3 is 1. The number of nitrogens with zero attached hydrogens (tertiary/aromatic N) is 1. The fourth-order valence-electron chi connectivity index (χ4n) is 2.92. The summed E-state index contributed by atoms with van der Waals surface area (Å²) in [5.41, 5.74) is 0.644. The standard InChI is InChI=1S/C16H23NO5S/c1-12-5-6-13(20-4)14(7-12)23(18,19)17-8-16(9-17)10-21-15(2,3)22-11-16/h5-7H,8-11H2,1-4H3. The first-order valence-corrected chi connectivity index (χ1v) is 9.04. The summed E-state index contributed by atoms with van der Waals surface area (Å²) in [5, 5.41) is 0. The highest BCUT2D eigenvalue weighted by atomic mass is 32.2. The SMILES string of the molecule is COc1ccc(C)cc1S(=O)(=O)N1CC2(COC(C)(C)OC2)C1. The van der Waals surface area contributed by atoms with Crippen LogP contribution in [-0.2, 0) is 19.5 Å². The molecule has 2 fully saturated rings. The van der Waals surface area contributed by atoms with Crippen molar-refractivity contribution in [1.29, 1.82) is 0 Å². The lowest BCUT2D eigenvalue weighted by molar-refractivity contribution is -0.299. The Labute approximate surface area is 137 Å². The Kier molecular flexibility index (Phi) is 3.95. The normalized spacial score (nSPS) is 23.5. The molecule has 23 heavy (non-hydrogen) atoms. The molecule has 0 aromatic heterocycles. The van der Waals surface area contributed by atoms with Gasteiger partial charge in [-0.25, -0.2) is 8.42 Å². The second-order valence-corrected chi connectivity index (χ2v) is 8.81. The second kappa shape index (κ2) is 5.44. The molecular formula is C16H23NO5S. The summed E-state index contributed by atoms with van der Waals surface area (Å²) in [6, 6.07) is 5.17. The van der Waals surface area contributed by atoms with Gasteiger partial charge in [-0.3, -0.25) is 0 Å². The lowest BCUT2D eigenvalue weighted by Crippen LogP contribution is -2.65. The average Bonchev–Trinajstić information content (AvgIpc) is 2.45. The molecule has 0 atom stereocenters. The Morgan fingerprint density at radius 1 is 1.17 bits per heavy atom. The van der Waals surface area contributed by atoms with Gasteiger partial charge < -0.3 is 14.2 Å². The molecule has 2 heterocycles. The van der Waals surface area contributed by atoms with Crippen molar-refractivity contribution in [3.05, 3.63) is 23.8 Å². The third-order valence-electron chi connectivity index (χ3n) is 4.41. The predicted octanol–water partition coefficient (Wildman–Crippen LogP) is 1.78. The van der Waals surface area contributed by atoms with Crippen LogP contribution < -0.4 is 4.74 Å². The quantitative estimate of drug-likeness (QED) is 0.838. The van der Waals surface area contributed by atoms with Gasteiger partial charge in [0.1, 0.15) is 10.6 Å². The lowest BCUT2D eigenvalue weighted by atomic mass is 9.82. The molecule has 2 aliphatic rings. The molecule has 1 aromatic carbocycles. The minimum atomic E-state index is -3.57. The Hall–Kier alpha value is -1.15. The maximum Gasteiger partial charge on any atom is 0.246 e. The van der Waals surface area contributed by atoms with Crippen LogP contribution in [0, 0.1) is 12.3 Å². The second-order valence-electron chi connectivity index (χ2n) is 6.90. The van der Waals surface area contributed by atoms with Crippen LogP contribution in [0.3, 0.4) is 0 Å². The first-order chi connectivity index (χ1) is 10.7. The number of aryl methyl sites for hydroxylation is 1. The van der Waals surface area contributed by atoms with Gasteiger partial charge in [-0.15, -0.1) is 0 Å². The van der Waals surface area contributed by atoms with Gasteiger partial charge in [-0.2, -0.15) is 4.31 Å². The van der Waals surface area contributed by atoms with E-state index in [-0.39, 0.29) is 10.3 Å². The maximum absolute atomic E-state index is 12.9. The number of hydrogen-bond acceptors (Lipinski definition) is 5. The highest BCUT2D eigenvalue weighted by molar-refractivity contribution is 7.89. The van der Waals surface area contributed by atoms with Gasteiger partial charge >= 0.3 is 0 Å². The van der Waals surface area contributed by atoms with Gasteiger partial charge in [0, 0.05) is 18.5 Å². The van der Waals surface area contributed by atoms with Gasteiger partial charge in [-0.05, 0) is 38.5 Å². The van der Waals surface area contributed by atoms with Crippen molar-refractivity contribution in [2.45, 2.75) is 31.5 Å². The number of ether oxygens (including phenoxy) is 3. The third kappa shape index (κ3) is 2.98.